The maximum atomic E-state index is 7.26. The lowest BCUT2D eigenvalue weighted by Crippen LogP contribution is -2.53. The van der Waals surface area contributed by atoms with Crippen LogP contribution in [0.3, 0.4) is 0 Å². The lowest BCUT2D eigenvalue weighted by molar-refractivity contribution is 0.113. The van der Waals surface area contributed by atoms with Crippen LogP contribution in [0.4, 0.5) is 5.69 Å². The molecular formula is C17H27N5. The topological polar surface area (TPSA) is 68.4 Å². The summed E-state index contributed by atoms with van der Waals surface area (Å²) in [5.74, 6) is 0.0199. The summed E-state index contributed by atoms with van der Waals surface area (Å²) < 4.78 is 0. The molecule has 2 aliphatic rings. The highest BCUT2D eigenvalue weighted by Crippen LogP contribution is 2.38. The third kappa shape index (κ3) is 2.90. The van der Waals surface area contributed by atoms with Crippen LogP contribution >= 0.6 is 0 Å². The maximum absolute atomic E-state index is 7.26. The molecule has 120 valence electrons. The van der Waals surface area contributed by atoms with Crippen molar-refractivity contribution >= 4 is 11.6 Å². The summed E-state index contributed by atoms with van der Waals surface area (Å²) >= 11 is 0. The van der Waals surface area contributed by atoms with E-state index in [0.717, 1.165) is 13.1 Å². The van der Waals surface area contributed by atoms with Gasteiger partial charge in [-0.1, -0.05) is 12.1 Å². The molecule has 2 bridgehead atoms. The number of fused-ring (bicyclic) bond motifs is 2. The molecule has 2 aliphatic heterocycles. The van der Waals surface area contributed by atoms with Crippen LogP contribution in [-0.4, -0.2) is 41.6 Å². The fourth-order valence-corrected chi connectivity index (χ4v) is 3.85. The first-order valence-corrected chi connectivity index (χ1v) is 8.05. The van der Waals surface area contributed by atoms with Gasteiger partial charge in [0.25, 0.3) is 0 Å². The Hall–Kier alpha value is -1.75. The molecule has 3 rings (SSSR count). The normalized spacial score (nSPS) is 24.8. The van der Waals surface area contributed by atoms with Gasteiger partial charge in [0, 0.05) is 42.9 Å². The van der Waals surface area contributed by atoms with E-state index in [-0.39, 0.29) is 11.5 Å². The standard InChI is InChI=1S/C17H27N5/c1-17(2,3)22-11-14-8-15(22)10-21(14)13-6-4-5-12(7-13)9-20-16(18)19/h4-7,14-15H,8-11H2,1-3H3,(H4,18,19,20). The Morgan fingerprint density at radius 2 is 2.09 bits per heavy atom. The number of nitrogens with one attached hydrogen (secondary N) is 2. The Morgan fingerprint density at radius 3 is 2.68 bits per heavy atom. The van der Waals surface area contributed by atoms with Crippen LogP contribution in [-0.2, 0) is 6.54 Å². The van der Waals surface area contributed by atoms with E-state index < -0.39 is 0 Å². The van der Waals surface area contributed by atoms with Crippen molar-refractivity contribution in [2.24, 2.45) is 5.73 Å². The van der Waals surface area contributed by atoms with Gasteiger partial charge in [-0.25, -0.2) is 0 Å². The van der Waals surface area contributed by atoms with Gasteiger partial charge >= 0.3 is 0 Å². The van der Waals surface area contributed by atoms with E-state index in [9.17, 15) is 0 Å². The van der Waals surface area contributed by atoms with Gasteiger partial charge in [-0.15, -0.1) is 0 Å². The highest BCUT2D eigenvalue weighted by Gasteiger charge is 2.46. The molecule has 2 saturated heterocycles. The molecule has 5 nitrogen and oxygen atoms in total. The van der Waals surface area contributed by atoms with Crippen molar-refractivity contribution in [3.05, 3.63) is 29.8 Å². The first-order chi connectivity index (χ1) is 10.3. The van der Waals surface area contributed by atoms with Crippen molar-refractivity contribution < 1.29 is 0 Å². The quantitative estimate of drug-likeness (QED) is 0.587. The number of likely N-dealkylation sites (tertiary alicyclic amines) is 1. The number of hydrogen-bond donors (Lipinski definition) is 3. The van der Waals surface area contributed by atoms with Gasteiger partial charge in [-0.2, -0.15) is 0 Å². The predicted octanol–water partition coefficient (Wildman–Crippen LogP) is 1.73. The van der Waals surface area contributed by atoms with Crippen molar-refractivity contribution in [3.8, 4) is 0 Å². The number of anilines is 1. The minimum atomic E-state index is 0.0199. The van der Waals surface area contributed by atoms with E-state index in [0.29, 0.717) is 18.6 Å². The van der Waals surface area contributed by atoms with Crippen molar-refractivity contribution in [3.63, 3.8) is 0 Å². The summed E-state index contributed by atoms with van der Waals surface area (Å²) in [7, 11) is 0. The van der Waals surface area contributed by atoms with Crippen molar-refractivity contribution in [2.45, 2.75) is 51.4 Å². The molecule has 4 N–H and O–H groups in total. The first-order valence-electron chi connectivity index (χ1n) is 8.05. The Balaban J connectivity index is 1.70. The Labute approximate surface area is 133 Å². The minimum absolute atomic E-state index is 0.0199. The lowest BCUT2D eigenvalue weighted by Gasteiger charge is -2.42. The molecule has 0 radical (unpaired) electrons. The molecule has 2 heterocycles. The van der Waals surface area contributed by atoms with E-state index in [4.69, 9.17) is 11.1 Å². The molecule has 5 heteroatoms. The molecule has 1 aromatic carbocycles. The molecule has 22 heavy (non-hydrogen) atoms. The van der Waals surface area contributed by atoms with Crippen molar-refractivity contribution in [1.82, 2.24) is 10.2 Å². The molecule has 0 spiro atoms. The number of nitrogens with zero attached hydrogens (tertiary/aromatic N) is 2. The number of piperazine rings is 1. The summed E-state index contributed by atoms with van der Waals surface area (Å²) in [6.07, 6.45) is 1.27. The molecular weight excluding hydrogens is 274 g/mol. The fraction of sp³-hybridized carbons (Fsp3) is 0.588. The third-order valence-electron chi connectivity index (χ3n) is 4.83. The number of nitrogens with two attached hydrogens (primary N) is 1. The first kappa shape index (κ1) is 15.2. The second-order valence-electron chi connectivity index (χ2n) is 7.46. The summed E-state index contributed by atoms with van der Waals surface area (Å²) in [5, 5.41) is 10.1. The zero-order chi connectivity index (χ0) is 15.9. The van der Waals surface area contributed by atoms with Crippen molar-refractivity contribution in [2.75, 3.05) is 18.0 Å². The van der Waals surface area contributed by atoms with E-state index in [1.54, 1.807) is 0 Å². The fourth-order valence-electron chi connectivity index (χ4n) is 3.85. The van der Waals surface area contributed by atoms with Crippen LogP contribution in [0.1, 0.15) is 32.8 Å². The van der Waals surface area contributed by atoms with Gasteiger partial charge in [-0.3, -0.25) is 10.3 Å². The van der Waals surface area contributed by atoms with E-state index in [2.05, 4.69) is 60.2 Å². The van der Waals surface area contributed by atoms with Crippen LogP contribution < -0.4 is 16.0 Å². The molecule has 1 aromatic rings. The summed E-state index contributed by atoms with van der Waals surface area (Å²) in [4.78, 5) is 5.19. The smallest absolute Gasteiger partial charge is 0.185 e. The summed E-state index contributed by atoms with van der Waals surface area (Å²) in [6, 6.07) is 9.89. The minimum Gasteiger partial charge on any atom is -0.370 e. The van der Waals surface area contributed by atoms with Crippen LogP contribution in [0.15, 0.2) is 24.3 Å². The van der Waals surface area contributed by atoms with Gasteiger partial charge in [-0.05, 0) is 44.9 Å². The molecule has 2 fully saturated rings. The second-order valence-corrected chi connectivity index (χ2v) is 7.46. The summed E-state index contributed by atoms with van der Waals surface area (Å²) in [5.41, 5.74) is 8.09. The molecule has 2 atom stereocenters. The highest BCUT2D eigenvalue weighted by molar-refractivity contribution is 5.74. The molecule has 0 saturated carbocycles. The number of guanidine groups is 1. The molecule has 0 amide bonds. The molecule has 0 aromatic heterocycles. The van der Waals surface area contributed by atoms with Crippen molar-refractivity contribution in [1.29, 1.82) is 5.41 Å². The molecule has 2 unspecified atom stereocenters. The average molecular weight is 301 g/mol. The van der Waals surface area contributed by atoms with Gasteiger partial charge in [0.15, 0.2) is 5.96 Å². The average Bonchev–Trinajstić information content (AvgIpc) is 3.05. The summed E-state index contributed by atoms with van der Waals surface area (Å²) in [6.45, 7) is 9.82. The number of rotatable bonds is 3. The Kier molecular flexibility index (Phi) is 3.77. The van der Waals surface area contributed by atoms with Crippen LogP contribution in [0.25, 0.3) is 0 Å². The van der Waals surface area contributed by atoms with E-state index in [1.165, 1.54) is 17.7 Å². The van der Waals surface area contributed by atoms with Gasteiger partial charge in [0.05, 0.1) is 0 Å². The Bertz CT molecular complexity index is 562. The third-order valence-corrected chi connectivity index (χ3v) is 4.83. The second kappa shape index (κ2) is 5.47. The SMILES string of the molecule is CC(C)(C)N1CC2CC1CN2c1cccc(CNC(=N)N)c1. The zero-order valence-corrected chi connectivity index (χ0v) is 13.8. The van der Waals surface area contributed by atoms with Gasteiger partial charge < -0.3 is 16.0 Å². The maximum Gasteiger partial charge on any atom is 0.185 e. The van der Waals surface area contributed by atoms with Gasteiger partial charge in [0.1, 0.15) is 0 Å². The monoisotopic (exact) mass is 301 g/mol. The molecule has 0 aliphatic carbocycles. The van der Waals surface area contributed by atoms with Crippen LogP contribution in [0.2, 0.25) is 0 Å². The number of hydrogen-bond acceptors (Lipinski definition) is 3. The number of benzene rings is 1. The zero-order valence-electron chi connectivity index (χ0n) is 13.8. The van der Waals surface area contributed by atoms with E-state index >= 15 is 0 Å². The van der Waals surface area contributed by atoms with E-state index in [1.807, 2.05) is 0 Å². The highest BCUT2D eigenvalue weighted by atomic mass is 15.4. The Morgan fingerprint density at radius 1 is 1.32 bits per heavy atom. The lowest BCUT2D eigenvalue weighted by atomic mass is 10.0. The predicted molar refractivity (Wildman–Crippen MR) is 91.2 cm³/mol. The van der Waals surface area contributed by atoms with Crippen LogP contribution in [0.5, 0.6) is 0 Å². The van der Waals surface area contributed by atoms with Gasteiger partial charge in [0.2, 0.25) is 0 Å². The van der Waals surface area contributed by atoms with Crippen LogP contribution in [0, 0.1) is 5.41 Å². The largest absolute Gasteiger partial charge is 0.370 e.